The molecular formula is C14H17F2N3O2. The number of nitrogens with zero attached hydrogens (tertiary/aromatic N) is 2. The summed E-state index contributed by atoms with van der Waals surface area (Å²) in [6, 6.07) is 2.04. The van der Waals surface area contributed by atoms with E-state index in [4.69, 9.17) is 0 Å². The van der Waals surface area contributed by atoms with Gasteiger partial charge >= 0.3 is 0 Å². The minimum Gasteiger partial charge on any atom is -0.359 e. The summed E-state index contributed by atoms with van der Waals surface area (Å²) in [6.07, 6.45) is 3.68. The van der Waals surface area contributed by atoms with Crippen molar-refractivity contribution in [2.24, 2.45) is 0 Å². The monoisotopic (exact) mass is 297 g/mol. The molecule has 0 aromatic heterocycles. The third kappa shape index (κ3) is 2.46. The standard InChI is InChI=1S/C14H17F2N3O2/c15-9-5-6-12(19(20)21)14(13(9)16)18-8-2-4-11(18)10-3-1-7-17-10/h5-6,10-11,17H,1-4,7-8H2. The van der Waals surface area contributed by atoms with E-state index in [-0.39, 0.29) is 23.5 Å². The highest BCUT2D eigenvalue weighted by atomic mass is 19.2. The Labute approximate surface area is 121 Å². The van der Waals surface area contributed by atoms with Gasteiger partial charge in [-0.3, -0.25) is 10.1 Å². The first kappa shape index (κ1) is 14.2. The molecule has 0 amide bonds. The lowest BCUT2D eigenvalue weighted by molar-refractivity contribution is -0.384. The highest BCUT2D eigenvalue weighted by molar-refractivity contribution is 5.65. The highest BCUT2D eigenvalue weighted by Gasteiger charge is 2.38. The lowest BCUT2D eigenvalue weighted by atomic mass is 10.0. The second-order valence-electron chi connectivity index (χ2n) is 5.59. The molecule has 2 fully saturated rings. The fraction of sp³-hybridized carbons (Fsp3) is 0.571. The van der Waals surface area contributed by atoms with Crippen molar-refractivity contribution in [3.8, 4) is 0 Å². The van der Waals surface area contributed by atoms with Crippen LogP contribution >= 0.6 is 0 Å². The van der Waals surface area contributed by atoms with Crippen LogP contribution in [0.4, 0.5) is 20.2 Å². The highest BCUT2D eigenvalue weighted by Crippen LogP contribution is 2.38. The van der Waals surface area contributed by atoms with Gasteiger partial charge in [-0.1, -0.05) is 0 Å². The summed E-state index contributed by atoms with van der Waals surface area (Å²) < 4.78 is 27.7. The fourth-order valence-corrected chi connectivity index (χ4v) is 3.48. The maximum Gasteiger partial charge on any atom is 0.295 e. The summed E-state index contributed by atoms with van der Waals surface area (Å²) in [5.41, 5.74) is -0.560. The van der Waals surface area contributed by atoms with Gasteiger partial charge < -0.3 is 10.2 Å². The number of benzene rings is 1. The summed E-state index contributed by atoms with van der Waals surface area (Å²) in [5.74, 6) is -2.16. The Morgan fingerprint density at radius 1 is 1.29 bits per heavy atom. The van der Waals surface area contributed by atoms with Crippen LogP contribution in [0.15, 0.2) is 12.1 Å². The number of rotatable bonds is 3. The van der Waals surface area contributed by atoms with Gasteiger partial charge in [0.2, 0.25) is 0 Å². The average molecular weight is 297 g/mol. The van der Waals surface area contributed by atoms with Gasteiger partial charge in [0.25, 0.3) is 5.69 Å². The molecule has 1 N–H and O–H groups in total. The van der Waals surface area contributed by atoms with Crippen molar-refractivity contribution in [2.45, 2.75) is 37.8 Å². The molecule has 2 heterocycles. The third-order valence-electron chi connectivity index (χ3n) is 4.39. The van der Waals surface area contributed by atoms with E-state index in [1.54, 1.807) is 4.90 Å². The molecule has 7 heteroatoms. The number of hydrogen-bond donors (Lipinski definition) is 1. The zero-order valence-electron chi connectivity index (χ0n) is 11.5. The largest absolute Gasteiger partial charge is 0.359 e. The van der Waals surface area contributed by atoms with E-state index in [0.29, 0.717) is 6.54 Å². The van der Waals surface area contributed by atoms with Crippen LogP contribution in [-0.4, -0.2) is 30.1 Å². The van der Waals surface area contributed by atoms with Crippen molar-refractivity contribution in [3.63, 3.8) is 0 Å². The molecule has 2 aliphatic heterocycles. The van der Waals surface area contributed by atoms with Crippen LogP contribution in [0.5, 0.6) is 0 Å². The predicted octanol–water partition coefficient (Wildman–Crippen LogP) is 2.59. The molecule has 0 bridgehead atoms. The molecule has 0 spiro atoms. The summed E-state index contributed by atoms with van der Waals surface area (Å²) in [6.45, 7) is 1.42. The maximum atomic E-state index is 14.2. The van der Waals surface area contributed by atoms with Crippen molar-refractivity contribution in [3.05, 3.63) is 33.9 Å². The van der Waals surface area contributed by atoms with E-state index < -0.39 is 16.6 Å². The van der Waals surface area contributed by atoms with E-state index in [0.717, 1.165) is 44.4 Å². The quantitative estimate of drug-likeness (QED) is 0.688. The lowest BCUT2D eigenvalue weighted by Crippen LogP contribution is -2.44. The Bertz CT molecular complexity index is 561. The molecule has 0 saturated carbocycles. The Hall–Kier alpha value is -1.76. The molecule has 21 heavy (non-hydrogen) atoms. The molecule has 0 aliphatic carbocycles. The van der Waals surface area contributed by atoms with Crippen molar-refractivity contribution in [2.75, 3.05) is 18.0 Å². The van der Waals surface area contributed by atoms with Gasteiger partial charge in [0.15, 0.2) is 17.3 Å². The number of hydrogen-bond acceptors (Lipinski definition) is 4. The van der Waals surface area contributed by atoms with Crippen LogP contribution in [0.25, 0.3) is 0 Å². The number of halogens is 2. The maximum absolute atomic E-state index is 14.2. The van der Waals surface area contributed by atoms with Gasteiger partial charge in [0, 0.05) is 24.7 Å². The van der Waals surface area contributed by atoms with E-state index in [1.165, 1.54) is 0 Å². The van der Waals surface area contributed by atoms with Gasteiger partial charge in [-0.25, -0.2) is 8.78 Å². The normalized spacial score (nSPS) is 25.5. The topological polar surface area (TPSA) is 58.4 Å². The van der Waals surface area contributed by atoms with E-state index >= 15 is 0 Å². The minimum atomic E-state index is -1.12. The molecule has 2 aliphatic rings. The molecule has 1 aromatic rings. The van der Waals surface area contributed by atoms with Gasteiger partial charge in [0.1, 0.15) is 0 Å². The molecular weight excluding hydrogens is 280 g/mol. The zero-order chi connectivity index (χ0) is 15.0. The third-order valence-corrected chi connectivity index (χ3v) is 4.39. The molecule has 3 rings (SSSR count). The van der Waals surface area contributed by atoms with Gasteiger partial charge in [0.05, 0.1) is 4.92 Å². The van der Waals surface area contributed by atoms with Gasteiger partial charge in [-0.05, 0) is 38.3 Å². The first-order valence-corrected chi connectivity index (χ1v) is 7.22. The second kappa shape index (κ2) is 5.55. The molecule has 0 radical (unpaired) electrons. The van der Waals surface area contributed by atoms with Crippen molar-refractivity contribution in [1.29, 1.82) is 0 Å². The first-order chi connectivity index (χ1) is 10.1. The Balaban J connectivity index is 2.01. The minimum absolute atomic E-state index is 0.0116. The summed E-state index contributed by atoms with van der Waals surface area (Å²) in [5, 5.41) is 14.5. The number of anilines is 1. The SMILES string of the molecule is O=[N+]([O-])c1ccc(F)c(F)c1N1CCCC1C1CCCN1. The molecule has 2 saturated heterocycles. The Morgan fingerprint density at radius 3 is 2.76 bits per heavy atom. The van der Waals surface area contributed by atoms with E-state index in [1.807, 2.05) is 0 Å². The first-order valence-electron chi connectivity index (χ1n) is 7.22. The average Bonchev–Trinajstić information content (AvgIpc) is 3.10. The second-order valence-corrected chi connectivity index (χ2v) is 5.59. The van der Waals surface area contributed by atoms with Crippen LogP contribution in [0.2, 0.25) is 0 Å². The molecule has 2 atom stereocenters. The van der Waals surface area contributed by atoms with Crippen LogP contribution in [0.1, 0.15) is 25.7 Å². The smallest absolute Gasteiger partial charge is 0.295 e. The molecule has 2 unspecified atom stereocenters. The van der Waals surface area contributed by atoms with Crippen LogP contribution in [0, 0.1) is 21.7 Å². The lowest BCUT2D eigenvalue weighted by Gasteiger charge is -2.31. The predicted molar refractivity (Wildman–Crippen MR) is 74.4 cm³/mol. The zero-order valence-corrected chi connectivity index (χ0v) is 11.5. The van der Waals surface area contributed by atoms with Crippen LogP contribution < -0.4 is 10.2 Å². The summed E-state index contributed by atoms with van der Waals surface area (Å²) in [7, 11) is 0. The molecule has 114 valence electrons. The summed E-state index contributed by atoms with van der Waals surface area (Å²) in [4.78, 5) is 12.2. The Kier molecular flexibility index (Phi) is 3.75. The number of nitro groups is 1. The van der Waals surface area contributed by atoms with Crippen molar-refractivity contribution < 1.29 is 13.7 Å². The number of nitrogens with one attached hydrogen (secondary N) is 1. The Morgan fingerprint density at radius 2 is 2.10 bits per heavy atom. The van der Waals surface area contributed by atoms with E-state index in [2.05, 4.69) is 5.32 Å². The van der Waals surface area contributed by atoms with Crippen LogP contribution in [0.3, 0.4) is 0 Å². The molecule has 1 aromatic carbocycles. The number of nitro benzene ring substituents is 1. The van der Waals surface area contributed by atoms with Crippen molar-refractivity contribution >= 4 is 11.4 Å². The van der Waals surface area contributed by atoms with Crippen molar-refractivity contribution in [1.82, 2.24) is 5.32 Å². The van der Waals surface area contributed by atoms with Crippen LogP contribution in [-0.2, 0) is 0 Å². The van der Waals surface area contributed by atoms with Gasteiger partial charge in [-0.15, -0.1) is 0 Å². The fourth-order valence-electron chi connectivity index (χ4n) is 3.48. The van der Waals surface area contributed by atoms with E-state index in [9.17, 15) is 18.9 Å². The molecule has 5 nitrogen and oxygen atoms in total. The van der Waals surface area contributed by atoms with Gasteiger partial charge in [-0.2, -0.15) is 0 Å². The summed E-state index contributed by atoms with van der Waals surface area (Å²) >= 11 is 0.